The lowest BCUT2D eigenvalue weighted by atomic mass is 9.72. The summed E-state index contributed by atoms with van der Waals surface area (Å²) in [6.45, 7) is 0. The highest BCUT2D eigenvalue weighted by molar-refractivity contribution is 6.04. The Morgan fingerprint density at radius 1 is 0.388 bits per heavy atom. The summed E-state index contributed by atoms with van der Waals surface area (Å²) in [6.07, 6.45) is -8.29. The number of benzene rings is 4. The van der Waals surface area contributed by atoms with Gasteiger partial charge in [0.2, 0.25) is 5.41 Å². The van der Waals surface area contributed by atoms with Crippen LogP contribution in [0.4, 0.5) is 26.3 Å². The molecule has 49 heavy (non-hydrogen) atoms. The average molecular weight is 661 g/mol. The molecular weight excluding hydrogens is 638 g/mol. The van der Waals surface area contributed by atoms with Gasteiger partial charge in [-0.05, 0) is 41.5 Å². The van der Waals surface area contributed by atoms with Crippen LogP contribution < -0.4 is 0 Å². The Morgan fingerprint density at radius 3 is 1.37 bits per heavy atom. The van der Waals surface area contributed by atoms with Gasteiger partial charge in [-0.2, -0.15) is 26.3 Å². The molecule has 8 rings (SSSR count). The highest BCUT2D eigenvalue weighted by atomic mass is 19.4. The van der Waals surface area contributed by atoms with Crippen LogP contribution in [0.3, 0.4) is 0 Å². The molecule has 8 aromatic rings. The Labute approximate surface area is 274 Å². The second kappa shape index (κ2) is 11.1. The van der Waals surface area contributed by atoms with Crippen molar-refractivity contribution in [1.82, 2.24) is 19.9 Å². The van der Waals surface area contributed by atoms with Crippen LogP contribution in [0.5, 0.6) is 0 Å². The van der Waals surface area contributed by atoms with Crippen molar-refractivity contribution in [2.75, 3.05) is 0 Å². The highest BCUT2D eigenvalue weighted by Crippen LogP contribution is 2.56. The molecule has 10 heteroatoms. The first-order chi connectivity index (χ1) is 23.5. The summed E-state index contributed by atoms with van der Waals surface area (Å²) < 4.78 is 90.9. The van der Waals surface area contributed by atoms with E-state index >= 15 is 26.3 Å². The number of fused-ring (bicyclic) bond motifs is 6. The Balaban J connectivity index is 1.26. The second-order valence-electron chi connectivity index (χ2n) is 11.7. The molecule has 0 radical (unpaired) electrons. The minimum Gasteiger partial charge on any atom is -0.254 e. The average Bonchev–Trinajstić information content (AvgIpc) is 3.10. The topological polar surface area (TPSA) is 51.6 Å². The summed E-state index contributed by atoms with van der Waals surface area (Å²) in [4.78, 5) is 18.1. The van der Waals surface area contributed by atoms with Gasteiger partial charge in [0.25, 0.3) is 0 Å². The number of pyridine rings is 4. The van der Waals surface area contributed by atoms with Crippen LogP contribution in [0.25, 0.3) is 66.1 Å². The molecule has 0 saturated heterocycles. The number of rotatable bonds is 4. The Hall–Kier alpha value is -5.90. The van der Waals surface area contributed by atoms with E-state index in [1.807, 2.05) is 36.4 Å². The number of nitrogens with zero attached hydrogens (tertiary/aromatic N) is 4. The third-order valence-electron chi connectivity index (χ3n) is 8.92. The van der Waals surface area contributed by atoms with Crippen LogP contribution >= 0.6 is 0 Å². The lowest BCUT2D eigenvalue weighted by molar-refractivity contribution is -0.288. The fourth-order valence-corrected chi connectivity index (χ4v) is 6.55. The van der Waals surface area contributed by atoms with Crippen LogP contribution in [-0.2, 0) is 5.41 Å². The number of alkyl halides is 6. The maximum atomic E-state index is 15.1. The number of halogens is 6. The van der Waals surface area contributed by atoms with Gasteiger partial charge in [-0.15, -0.1) is 0 Å². The molecular formula is C39H22F6N4. The minimum absolute atomic E-state index is 0.100. The van der Waals surface area contributed by atoms with E-state index in [9.17, 15) is 0 Å². The van der Waals surface area contributed by atoms with Gasteiger partial charge in [0, 0.05) is 45.1 Å². The molecule has 4 nitrogen and oxygen atoms in total. The van der Waals surface area contributed by atoms with Crippen molar-refractivity contribution in [3.05, 3.63) is 145 Å². The predicted octanol–water partition coefficient (Wildman–Crippen LogP) is 10.6. The van der Waals surface area contributed by atoms with Crippen molar-refractivity contribution in [2.45, 2.75) is 17.8 Å². The summed E-state index contributed by atoms with van der Waals surface area (Å²) in [7, 11) is 0. The molecule has 0 spiro atoms. The molecule has 0 aliphatic carbocycles. The maximum absolute atomic E-state index is 15.1. The third kappa shape index (κ3) is 4.85. The molecule has 0 N–H and O–H groups in total. The van der Waals surface area contributed by atoms with Gasteiger partial charge in [-0.25, -0.2) is 9.97 Å². The molecule has 0 unspecified atom stereocenters. The number of aromatic nitrogens is 4. The molecule has 0 aliphatic rings. The van der Waals surface area contributed by atoms with Gasteiger partial charge in [-0.1, -0.05) is 91.0 Å². The van der Waals surface area contributed by atoms with Crippen LogP contribution in [0.1, 0.15) is 11.1 Å². The summed E-state index contributed by atoms with van der Waals surface area (Å²) in [5.74, 6) is 0. The van der Waals surface area contributed by atoms with E-state index in [1.165, 1.54) is 24.3 Å². The standard InChI is InChI=1S/C39H22F6N4/c40-38(41,42)37(39(43,44)45,29-16-12-23(13-17-29)31-18-14-26-10-8-24-5-2-20-46-33(24)35(26)48-31)30-7-1-4-28(22-30)32-19-15-27-11-9-25-6-3-21-47-34(25)36(27)49-32/h1-22H. The molecule has 4 heterocycles. The van der Waals surface area contributed by atoms with E-state index in [1.54, 1.807) is 48.8 Å². The normalized spacial score (nSPS) is 12.7. The molecule has 4 aromatic carbocycles. The Morgan fingerprint density at radius 2 is 0.857 bits per heavy atom. The number of hydrogen-bond acceptors (Lipinski definition) is 4. The fourth-order valence-electron chi connectivity index (χ4n) is 6.55. The molecule has 0 aliphatic heterocycles. The molecule has 0 fully saturated rings. The van der Waals surface area contributed by atoms with Gasteiger partial charge in [0.05, 0.1) is 33.5 Å². The highest BCUT2D eigenvalue weighted by Gasteiger charge is 2.72. The van der Waals surface area contributed by atoms with Gasteiger partial charge < -0.3 is 0 Å². The monoisotopic (exact) mass is 660 g/mol. The molecule has 0 amide bonds. The lowest BCUT2D eigenvalue weighted by Crippen LogP contribution is -2.54. The van der Waals surface area contributed by atoms with Crippen molar-refractivity contribution in [1.29, 1.82) is 0 Å². The van der Waals surface area contributed by atoms with Crippen molar-refractivity contribution >= 4 is 43.6 Å². The van der Waals surface area contributed by atoms with Crippen LogP contribution in [0, 0.1) is 0 Å². The zero-order valence-corrected chi connectivity index (χ0v) is 25.3. The van der Waals surface area contributed by atoms with E-state index in [0.717, 1.165) is 45.8 Å². The second-order valence-corrected chi connectivity index (χ2v) is 11.7. The summed E-state index contributed by atoms with van der Waals surface area (Å²) >= 11 is 0. The van der Waals surface area contributed by atoms with Gasteiger partial charge >= 0.3 is 12.4 Å². The first-order valence-corrected chi connectivity index (χ1v) is 15.2. The quantitative estimate of drug-likeness (QED) is 0.139. The van der Waals surface area contributed by atoms with Crippen molar-refractivity contribution in [2.24, 2.45) is 0 Å². The number of hydrogen-bond donors (Lipinski definition) is 0. The van der Waals surface area contributed by atoms with E-state index in [0.29, 0.717) is 33.3 Å². The summed E-state index contributed by atoms with van der Waals surface area (Å²) in [6, 6.07) is 30.2. The molecule has 0 atom stereocenters. The molecule has 4 aromatic heterocycles. The molecule has 0 saturated carbocycles. The minimum atomic E-state index is -5.76. The van der Waals surface area contributed by atoms with E-state index in [-0.39, 0.29) is 11.3 Å². The van der Waals surface area contributed by atoms with Gasteiger partial charge in [0.15, 0.2) is 0 Å². The van der Waals surface area contributed by atoms with E-state index < -0.39 is 28.9 Å². The third-order valence-corrected chi connectivity index (χ3v) is 8.92. The predicted molar refractivity (Wildman–Crippen MR) is 178 cm³/mol. The lowest BCUT2D eigenvalue weighted by Gasteiger charge is -2.38. The van der Waals surface area contributed by atoms with Crippen molar-refractivity contribution in [3.63, 3.8) is 0 Å². The first-order valence-electron chi connectivity index (χ1n) is 15.2. The summed E-state index contributed by atoms with van der Waals surface area (Å²) in [5, 5.41) is 3.18. The van der Waals surface area contributed by atoms with E-state index in [2.05, 4.69) is 19.9 Å². The van der Waals surface area contributed by atoms with Crippen LogP contribution in [-0.4, -0.2) is 32.3 Å². The first kappa shape index (κ1) is 30.4. The smallest absolute Gasteiger partial charge is 0.254 e. The SMILES string of the molecule is FC(F)(F)C(c1ccc(-c2ccc3ccc4cccnc4c3n2)cc1)(c1cccc(-c2ccc3ccc4cccnc4c3n2)c1)C(F)(F)F. The zero-order valence-electron chi connectivity index (χ0n) is 25.3. The van der Waals surface area contributed by atoms with Crippen LogP contribution in [0.15, 0.2) is 134 Å². The molecule has 240 valence electrons. The maximum Gasteiger partial charge on any atom is 0.411 e. The fraction of sp³-hybridized carbons (Fsp3) is 0.0769. The summed E-state index contributed by atoms with van der Waals surface area (Å²) in [5.41, 5.74) is -2.96. The molecule has 0 bridgehead atoms. The van der Waals surface area contributed by atoms with Crippen molar-refractivity contribution in [3.8, 4) is 22.5 Å². The van der Waals surface area contributed by atoms with Gasteiger partial charge in [-0.3, -0.25) is 9.97 Å². The largest absolute Gasteiger partial charge is 0.411 e. The van der Waals surface area contributed by atoms with Crippen LogP contribution in [0.2, 0.25) is 0 Å². The Kier molecular flexibility index (Phi) is 6.88. The van der Waals surface area contributed by atoms with Gasteiger partial charge in [0.1, 0.15) is 0 Å². The zero-order chi connectivity index (χ0) is 34.0. The van der Waals surface area contributed by atoms with Crippen molar-refractivity contribution < 1.29 is 26.3 Å². The Bertz CT molecular complexity index is 2530. The van der Waals surface area contributed by atoms with E-state index in [4.69, 9.17) is 0 Å².